The van der Waals surface area contributed by atoms with E-state index in [-0.39, 0.29) is 17.6 Å². The Hall–Kier alpha value is -2.99. The molecule has 1 amide bonds. The molecular weight excluding hydrogens is 405 g/mol. The van der Waals surface area contributed by atoms with Crippen LogP contribution in [0.25, 0.3) is 11.1 Å². The minimum atomic E-state index is -0.547. The first-order valence-electron chi connectivity index (χ1n) is 9.76. The SMILES string of the molecule is COc1ccc(C(=O)N2CCC[C@@H](c3ncncc3-c3ccccc3Cl)C2)cc1F. The van der Waals surface area contributed by atoms with Gasteiger partial charge in [-0.25, -0.2) is 14.4 Å². The summed E-state index contributed by atoms with van der Waals surface area (Å²) in [6.07, 6.45) is 5.02. The number of piperidine rings is 1. The summed E-state index contributed by atoms with van der Waals surface area (Å²) in [5.74, 6) is -0.586. The maximum Gasteiger partial charge on any atom is 0.253 e. The Balaban J connectivity index is 1.60. The van der Waals surface area contributed by atoms with Crippen LogP contribution in [0.2, 0.25) is 5.02 Å². The fourth-order valence-corrected chi connectivity index (χ4v) is 4.16. The van der Waals surface area contributed by atoms with Crippen molar-refractivity contribution >= 4 is 17.5 Å². The third-order valence-electron chi connectivity index (χ3n) is 5.40. The van der Waals surface area contributed by atoms with E-state index in [1.54, 1.807) is 17.2 Å². The summed E-state index contributed by atoms with van der Waals surface area (Å²) < 4.78 is 19.0. The molecule has 1 aromatic heterocycles. The highest BCUT2D eigenvalue weighted by Gasteiger charge is 2.29. The van der Waals surface area contributed by atoms with Crippen molar-refractivity contribution < 1.29 is 13.9 Å². The summed E-state index contributed by atoms with van der Waals surface area (Å²) in [5.41, 5.74) is 2.92. The van der Waals surface area contributed by atoms with Crippen molar-refractivity contribution in [2.24, 2.45) is 0 Å². The fourth-order valence-electron chi connectivity index (χ4n) is 3.92. The van der Waals surface area contributed by atoms with Crippen molar-refractivity contribution in [1.29, 1.82) is 0 Å². The zero-order valence-electron chi connectivity index (χ0n) is 16.5. The maximum atomic E-state index is 14.1. The smallest absolute Gasteiger partial charge is 0.253 e. The fraction of sp³-hybridized carbons (Fsp3) is 0.261. The van der Waals surface area contributed by atoms with Crippen LogP contribution in [0.1, 0.15) is 34.8 Å². The molecule has 4 rings (SSSR count). The molecule has 1 saturated heterocycles. The van der Waals surface area contributed by atoms with Gasteiger partial charge in [0, 0.05) is 46.9 Å². The second-order valence-corrected chi connectivity index (χ2v) is 7.65. The summed E-state index contributed by atoms with van der Waals surface area (Å²) in [7, 11) is 1.40. The minimum absolute atomic E-state index is 0.0417. The average Bonchev–Trinajstić information content (AvgIpc) is 2.79. The van der Waals surface area contributed by atoms with E-state index < -0.39 is 5.82 Å². The van der Waals surface area contributed by atoms with Gasteiger partial charge in [0.2, 0.25) is 0 Å². The van der Waals surface area contributed by atoms with E-state index in [0.29, 0.717) is 23.7 Å². The van der Waals surface area contributed by atoms with Crippen LogP contribution in [0.4, 0.5) is 4.39 Å². The summed E-state index contributed by atoms with van der Waals surface area (Å²) >= 11 is 6.40. The van der Waals surface area contributed by atoms with Crippen molar-refractivity contribution in [3.63, 3.8) is 0 Å². The number of nitrogens with zero attached hydrogens (tertiary/aromatic N) is 3. The van der Waals surface area contributed by atoms with Crippen LogP contribution in [0.15, 0.2) is 55.0 Å². The highest BCUT2D eigenvalue weighted by molar-refractivity contribution is 6.33. The Bertz CT molecular complexity index is 1080. The molecule has 0 saturated carbocycles. The lowest BCUT2D eigenvalue weighted by atomic mass is 9.89. The van der Waals surface area contributed by atoms with E-state index in [2.05, 4.69) is 9.97 Å². The average molecular weight is 426 g/mol. The molecule has 2 heterocycles. The number of methoxy groups -OCH3 is 1. The second kappa shape index (κ2) is 8.79. The van der Waals surface area contributed by atoms with Crippen molar-refractivity contribution in [3.05, 3.63) is 77.1 Å². The predicted octanol–water partition coefficient (Wildman–Crippen LogP) is 4.96. The molecule has 2 aromatic carbocycles. The van der Waals surface area contributed by atoms with Crippen LogP contribution >= 0.6 is 11.6 Å². The molecule has 1 atom stereocenters. The first-order valence-corrected chi connectivity index (χ1v) is 10.1. The van der Waals surface area contributed by atoms with Gasteiger partial charge in [-0.2, -0.15) is 0 Å². The largest absolute Gasteiger partial charge is 0.494 e. The first-order chi connectivity index (χ1) is 14.6. The second-order valence-electron chi connectivity index (χ2n) is 7.24. The van der Waals surface area contributed by atoms with Gasteiger partial charge < -0.3 is 9.64 Å². The number of aromatic nitrogens is 2. The number of hydrogen-bond donors (Lipinski definition) is 0. The highest BCUT2D eigenvalue weighted by atomic mass is 35.5. The normalized spacial score (nSPS) is 16.4. The van der Waals surface area contributed by atoms with Crippen LogP contribution in [-0.2, 0) is 0 Å². The van der Waals surface area contributed by atoms with Gasteiger partial charge >= 0.3 is 0 Å². The zero-order chi connectivity index (χ0) is 21.1. The monoisotopic (exact) mass is 425 g/mol. The van der Waals surface area contributed by atoms with Crippen LogP contribution < -0.4 is 4.74 Å². The Morgan fingerprint density at radius 1 is 1.23 bits per heavy atom. The van der Waals surface area contributed by atoms with Gasteiger partial charge in [0.05, 0.1) is 12.8 Å². The van der Waals surface area contributed by atoms with Crippen molar-refractivity contribution in [3.8, 4) is 16.9 Å². The molecule has 0 spiro atoms. The lowest BCUT2D eigenvalue weighted by Gasteiger charge is -2.33. The molecular formula is C23H21ClFN3O2. The highest BCUT2D eigenvalue weighted by Crippen LogP contribution is 2.36. The lowest BCUT2D eigenvalue weighted by molar-refractivity contribution is 0.0705. The number of carbonyl (C=O) groups excluding carboxylic acids is 1. The van der Waals surface area contributed by atoms with Gasteiger partial charge in [-0.05, 0) is 37.1 Å². The number of benzene rings is 2. The molecule has 1 aliphatic heterocycles. The summed E-state index contributed by atoms with van der Waals surface area (Å²) in [5, 5.41) is 0.631. The standard InChI is InChI=1S/C23H21ClFN3O2/c1-30-21-9-8-15(11-20(21)25)23(29)28-10-4-5-16(13-28)22-18(12-26-14-27-22)17-6-2-3-7-19(17)24/h2-3,6-9,11-12,14,16H,4-5,10,13H2,1H3/t16-/m1/s1. The van der Waals surface area contributed by atoms with E-state index in [4.69, 9.17) is 16.3 Å². The molecule has 0 aliphatic carbocycles. The first kappa shape index (κ1) is 20.3. The van der Waals surface area contributed by atoms with Gasteiger partial charge in [-0.3, -0.25) is 4.79 Å². The van der Waals surface area contributed by atoms with Crippen LogP contribution in [-0.4, -0.2) is 41.0 Å². The molecule has 5 nitrogen and oxygen atoms in total. The van der Waals surface area contributed by atoms with Gasteiger partial charge in [-0.15, -0.1) is 0 Å². The summed E-state index contributed by atoms with van der Waals surface area (Å²) in [4.78, 5) is 23.5. The Morgan fingerprint density at radius 3 is 2.83 bits per heavy atom. The van der Waals surface area contributed by atoms with Crippen LogP contribution in [0.5, 0.6) is 5.75 Å². The number of ether oxygens (including phenoxy) is 1. The lowest BCUT2D eigenvalue weighted by Crippen LogP contribution is -2.39. The maximum absolute atomic E-state index is 14.1. The molecule has 1 aliphatic rings. The predicted molar refractivity (Wildman–Crippen MR) is 113 cm³/mol. The molecule has 0 N–H and O–H groups in total. The molecule has 0 bridgehead atoms. The molecule has 1 fully saturated rings. The zero-order valence-corrected chi connectivity index (χ0v) is 17.3. The van der Waals surface area contributed by atoms with E-state index in [9.17, 15) is 9.18 Å². The molecule has 154 valence electrons. The minimum Gasteiger partial charge on any atom is -0.494 e. The summed E-state index contributed by atoms with van der Waals surface area (Å²) in [6, 6.07) is 11.9. The van der Waals surface area contributed by atoms with Crippen molar-refractivity contribution in [2.75, 3.05) is 20.2 Å². The Kier molecular flexibility index (Phi) is 5.95. The molecule has 7 heteroatoms. The number of likely N-dealkylation sites (tertiary alicyclic amines) is 1. The Labute approximate surface area is 179 Å². The number of amides is 1. The number of halogens is 2. The third kappa shape index (κ3) is 4.00. The molecule has 0 unspecified atom stereocenters. The van der Waals surface area contributed by atoms with E-state index >= 15 is 0 Å². The number of carbonyl (C=O) groups is 1. The van der Waals surface area contributed by atoms with Gasteiger partial charge in [0.15, 0.2) is 11.6 Å². The molecule has 3 aromatic rings. The van der Waals surface area contributed by atoms with Crippen LogP contribution in [0, 0.1) is 5.82 Å². The van der Waals surface area contributed by atoms with Gasteiger partial charge in [0.1, 0.15) is 6.33 Å². The van der Waals surface area contributed by atoms with Crippen molar-refractivity contribution in [1.82, 2.24) is 14.9 Å². The van der Waals surface area contributed by atoms with Crippen LogP contribution in [0.3, 0.4) is 0 Å². The molecule has 30 heavy (non-hydrogen) atoms. The van der Waals surface area contributed by atoms with Gasteiger partial charge in [-0.1, -0.05) is 29.8 Å². The number of rotatable bonds is 4. The Morgan fingerprint density at radius 2 is 2.07 bits per heavy atom. The quantitative estimate of drug-likeness (QED) is 0.592. The topological polar surface area (TPSA) is 55.3 Å². The van der Waals surface area contributed by atoms with E-state index in [1.165, 1.54) is 25.6 Å². The van der Waals surface area contributed by atoms with Crippen molar-refractivity contribution in [2.45, 2.75) is 18.8 Å². The summed E-state index contributed by atoms with van der Waals surface area (Å²) in [6.45, 7) is 1.12. The van der Waals surface area contributed by atoms with E-state index in [0.717, 1.165) is 29.7 Å². The number of hydrogen-bond acceptors (Lipinski definition) is 4. The van der Waals surface area contributed by atoms with E-state index in [1.807, 2.05) is 24.3 Å². The third-order valence-corrected chi connectivity index (χ3v) is 5.73. The van der Waals surface area contributed by atoms with Gasteiger partial charge in [0.25, 0.3) is 5.91 Å². The molecule has 0 radical (unpaired) electrons.